The molecule has 0 bridgehead atoms. The zero-order valence-corrected chi connectivity index (χ0v) is 10.1. The fraction of sp³-hybridized carbons (Fsp3) is 0.429. The Morgan fingerprint density at radius 3 is 2.44 bits per heavy atom. The summed E-state index contributed by atoms with van der Waals surface area (Å²) in [5, 5.41) is 0. The second kappa shape index (κ2) is 4.60. The van der Waals surface area contributed by atoms with Crippen LogP contribution in [0.25, 0.3) is 11.0 Å². The molecular formula is C14H18N2. The molecule has 2 nitrogen and oxygen atoms in total. The summed E-state index contributed by atoms with van der Waals surface area (Å²) in [6.07, 6.45) is 2.91. The summed E-state index contributed by atoms with van der Waals surface area (Å²) in [5.74, 6) is 1.34. The molecule has 0 spiro atoms. The Morgan fingerprint density at radius 1 is 1.06 bits per heavy atom. The summed E-state index contributed by atoms with van der Waals surface area (Å²) in [4.78, 5) is 9.07. The molecule has 0 saturated heterocycles. The topological polar surface area (TPSA) is 25.8 Å². The lowest BCUT2D eigenvalue weighted by molar-refractivity contribution is 0.413. The van der Waals surface area contributed by atoms with Crippen LogP contribution in [0.5, 0.6) is 0 Å². The van der Waals surface area contributed by atoms with Crippen molar-refractivity contribution in [2.24, 2.45) is 11.8 Å². The lowest BCUT2D eigenvalue weighted by atomic mass is 9.93. The molecule has 1 aromatic carbocycles. The first-order chi connectivity index (χ1) is 7.66. The van der Waals surface area contributed by atoms with Crippen LogP contribution in [0.3, 0.4) is 0 Å². The van der Waals surface area contributed by atoms with E-state index in [1.807, 2.05) is 30.5 Å². The summed E-state index contributed by atoms with van der Waals surface area (Å²) in [6, 6.07) is 8.02. The van der Waals surface area contributed by atoms with Gasteiger partial charge in [0.25, 0.3) is 0 Å². The minimum absolute atomic E-state index is 0.649. The monoisotopic (exact) mass is 214 g/mol. The molecule has 2 rings (SSSR count). The summed E-state index contributed by atoms with van der Waals surface area (Å²) < 4.78 is 0. The molecule has 0 aliphatic heterocycles. The van der Waals surface area contributed by atoms with Crippen LogP contribution in [-0.4, -0.2) is 9.97 Å². The fourth-order valence-corrected chi connectivity index (χ4v) is 1.66. The second-order valence-electron chi connectivity index (χ2n) is 4.78. The van der Waals surface area contributed by atoms with Gasteiger partial charge in [-0.3, -0.25) is 4.98 Å². The minimum atomic E-state index is 0.649. The molecule has 16 heavy (non-hydrogen) atoms. The lowest BCUT2D eigenvalue weighted by Crippen LogP contribution is -2.08. The van der Waals surface area contributed by atoms with Crippen molar-refractivity contribution in [3.05, 3.63) is 36.2 Å². The van der Waals surface area contributed by atoms with E-state index in [1.165, 1.54) is 0 Å². The molecule has 0 fully saturated rings. The van der Waals surface area contributed by atoms with Gasteiger partial charge < -0.3 is 0 Å². The summed E-state index contributed by atoms with van der Waals surface area (Å²) in [7, 11) is 0. The van der Waals surface area contributed by atoms with Gasteiger partial charge in [-0.15, -0.1) is 0 Å². The number of rotatable bonds is 3. The van der Waals surface area contributed by atoms with Crippen molar-refractivity contribution in [1.82, 2.24) is 9.97 Å². The Kier molecular flexibility index (Phi) is 3.18. The molecule has 84 valence electrons. The van der Waals surface area contributed by atoms with Crippen LogP contribution < -0.4 is 0 Å². The van der Waals surface area contributed by atoms with E-state index in [9.17, 15) is 0 Å². The van der Waals surface area contributed by atoms with Crippen molar-refractivity contribution in [1.29, 1.82) is 0 Å². The van der Waals surface area contributed by atoms with E-state index < -0.39 is 0 Å². The summed E-state index contributed by atoms with van der Waals surface area (Å²) in [5.41, 5.74) is 3.07. The smallest absolute Gasteiger partial charge is 0.0890 e. The molecule has 0 saturated carbocycles. The minimum Gasteiger partial charge on any atom is -0.253 e. The maximum atomic E-state index is 4.64. The predicted octanol–water partition coefficient (Wildman–Crippen LogP) is 3.46. The van der Waals surface area contributed by atoms with Crippen molar-refractivity contribution >= 4 is 11.0 Å². The van der Waals surface area contributed by atoms with Gasteiger partial charge in [0.2, 0.25) is 0 Å². The van der Waals surface area contributed by atoms with Crippen LogP contribution in [0.4, 0.5) is 0 Å². The number of benzene rings is 1. The molecule has 1 heterocycles. The highest BCUT2D eigenvalue weighted by molar-refractivity contribution is 5.73. The highest BCUT2D eigenvalue weighted by Gasteiger charge is 2.09. The first kappa shape index (κ1) is 11.1. The Balaban J connectivity index is 2.26. The average Bonchev–Trinajstić information content (AvgIpc) is 2.28. The molecular weight excluding hydrogens is 196 g/mol. The second-order valence-corrected chi connectivity index (χ2v) is 4.78. The molecule has 0 N–H and O–H groups in total. The Bertz CT molecular complexity index is 477. The average molecular weight is 214 g/mol. The number of hydrogen-bond acceptors (Lipinski definition) is 2. The molecule has 2 heteroatoms. The first-order valence-electron chi connectivity index (χ1n) is 5.87. The summed E-state index contributed by atoms with van der Waals surface area (Å²) >= 11 is 0. The zero-order chi connectivity index (χ0) is 11.5. The Hall–Kier alpha value is -1.44. The first-order valence-corrected chi connectivity index (χ1v) is 5.87. The molecule has 2 aromatic rings. The zero-order valence-electron chi connectivity index (χ0n) is 10.1. The molecule has 0 aliphatic rings. The van der Waals surface area contributed by atoms with Gasteiger partial charge in [0, 0.05) is 6.20 Å². The summed E-state index contributed by atoms with van der Waals surface area (Å²) in [6.45, 7) is 6.76. The fourth-order valence-electron chi connectivity index (χ4n) is 1.66. The van der Waals surface area contributed by atoms with Crippen molar-refractivity contribution in [2.45, 2.75) is 27.2 Å². The van der Waals surface area contributed by atoms with Crippen LogP contribution in [0.2, 0.25) is 0 Å². The largest absolute Gasteiger partial charge is 0.253 e. The third-order valence-electron chi connectivity index (χ3n) is 3.17. The van der Waals surface area contributed by atoms with E-state index in [1.54, 1.807) is 0 Å². The number of aromatic nitrogens is 2. The Morgan fingerprint density at radius 2 is 1.75 bits per heavy atom. The molecule has 1 aromatic heterocycles. The number of para-hydroxylation sites is 2. The van der Waals surface area contributed by atoms with E-state index in [2.05, 4.69) is 30.7 Å². The SMILES string of the molecule is CC(C)C(C)Cc1cnc2ccccc2n1. The van der Waals surface area contributed by atoms with Crippen molar-refractivity contribution < 1.29 is 0 Å². The van der Waals surface area contributed by atoms with Gasteiger partial charge in [0.1, 0.15) is 0 Å². The van der Waals surface area contributed by atoms with Gasteiger partial charge in [0.05, 0.1) is 16.7 Å². The van der Waals surface area contributed by atoms with Crippen molar-refractivity contribution in [3.63, 3.8) is 0 Å². The standard InChI is InChI=1S/C14H18N2/c1-10(2)11(3)8-12-9-15-13-6-4-5-7-14(13)16-12/h4-7,9-11H,8H2,1-3H3. The highest BCUT2D eigenvalue weighted by Crippen LogP contribution is 2.16. The van der Waals surface area contributed by atoms with Gasteiger partial charge >= 0.3 is 0 Å². The van der Waals surface area contributed by atoms with E-state index in [0.717, 1.165) is 23.1 Å². The van der Waals surface area contributed by atoms with E-state index in [-0.39, 0.29) is 0 Å². The third-order valence-corrected chi connectivity index (χ3v) is 3.17. The van der Waals surface area contributed by atoms with E-state index in [0.29, 0.717) is 11.8 Å². The molecule has 0 amide bonds. The highest BCUT2D eigenvalue weighted by atomic mass is 14.8. The lowest BCUT2D eigenvalue weighted by Gasteiger charge is -2.14. The maximum Gasteiger partial charge on any atom is 0.0890 e. The van der Waals surface area contributed by atoms with Crippen LogP contribution >= 0.6 is 0 Å². The van der Waals surface area contributed by atoms with Gasteiger partial charge in [0.15, 0.2) is 0 Å². The van der Waals surface area contributed by atoms with Gasteiger partial charge in [-0.05, 0) is 30.4 Å². The van der Waals surface area contributed by atoms with Gasteiger partial charge in [-0.25, -0.2) is 4.98 Å². The van der Waals surface area contributed by atoms with Crippen LogP contribution in [-0.2, 0) is 6.42 Å². The maximum absolute atomic E-state index is 4.64. The number of fused-ring (bicyclic) bond motifs is 1. The van der Waals surface area contributed by atoms with E-state index in [4.69, 9.17) is 0 Å². The number of nitrogens with zero attached hydrogens (tertiary/aromatic N) is 2. The van der Waals surface area contributed by atoms with Crippen LogP contribution in [0.15, 0.2) is 30.5 Å². The Labute approximate surface area is 96.7 Å². The third kappa shape index (κ3) is 2.38. The molecule has 0 aliphatic carbocycles. The molecule has 1 atom stereocenters. The molecule has 0 radical (unpaired) electrons. The van der Waals surface area contributed by atoms with Crippen LogP contribution in [0, 0.1) is 11.8 Å². The van der Waals surface area contributed by atoms with Crippen molar-refractivity contribution in [3.8, 4) is 0 Å². The predicted molar refractivity (Wildman–Crippen MR) is 67.2 cm³/mol. The van der Waals surface area contributed by atoms with E-state index >= 15 is 0 Å². The molecule has 1 unspecified atom stereocenters. The van der Waals surface area contributed by atoms with Gasteiger partial charge in [-0.2, -0.15) is 0 Å². The van der Waals surface area contributed by atoms with Crippen molar-refractivity contribution in [2.75, 3.05) is 0 Å². The number of hydrogen-bond donors (Lipinski definition) is 0. The normalized spacial score (nSPS) is 13.2. The van der Waals surface area contributed by atoms with Crippen LogP contribution in [0.1, 0.15) is 26.5 Å². The van der Waals surface area contributed by atoms with Gasteiger partial charge in [-0.1, -0.05) is 32.9 Å². The quantitative estimate of drug-likeness (QED) is 0.782.